The van der Waals surface area contributed by atoms with E-state index in [2.05, 4.69) is 16.8 Å². The van der Waals surface area contributed by atoms with E-state index in [1.807, 2.05) is 0 Å². The topological polar surface area (TPSA) is 59.3 Å². The molecule has 0 bridgehead atoms. The third kappa shape index (κ3) is 2.78. The monoisotopic (exact) mass is 249 g/mol. The van der Waals surface area contributed by atoms with Crippen LogP contribution in [0.2, 0.25) is 0 Å². The first kappa shape index (κ1) is 12.8. The van der Waals surface area contributed by atoms with Crippen LogP contribution < -0.4 is 4.90 Å². The molecule has 1 saturated carbocycles. The molecule has 0 amide bonds. The Kier molecular flexibility index (Phi) is 4.12. The molecule has 18 heavy (non-hydrogen) atoms. The third-order valence-electron chi connectivity index (χ3n) is 3.59. The van der Waals surface area contributed by atoms with Gasteiger partial charge < -0.3 is 4.90 Å². The minimum absolute atomic E-state index is 0.0541. The summed E-state index contributed by atoms with van der Waals surface area (Å²) in [4.78, 5) is 16.7. The molecule has 0 unspecified atom stereocenters. The van der Waals surface area contributed by atoms with Crippen molar-refractivity contribution in [2.75, 3.05) is 11.4 Å². The molecule has 1 aliphatic carbocycles. The lowest BCUT2D eigenvalue weighted by Crippen LogP contribution is -2.37. The normalized spacial score (nSPS) is 16.5. The Labute approximate surface area is 107 Å². The van der Waals surface area contributed by atoms with Crippen LogP contribution >= 0.6 is 0 Å². The van der Waals surface area contributed by atoms with Crippen LogP contribution in [0, 0.1) is 10.1 Å². The minimum atomic E-state index is -0.409. The summed E-state index contributed by atoms with van der Waals surface area (Å²) in [6.07, 6.45) is 7.61. The molecule has 0 aliphatic heterocycles. The Morgan fingerprint density at radius 2 is 2.11 bits per heavy atom. The van der Waals surface area contributed by atoms with Gasteiger partial charge in [-0.3, -0.25) is 10.1 Å². The van der Waals surface area contributed by atoms with E-state index in [9.17, 15) is 10.1 Å². The molecule has 0 aromatic carbocycles. The first-order chi connectivity index (χ1) is 8.72. The van der Waals surface area contributed by atoms with Gasteiger partial charge in [-0.05, 0) is 25.8 Å². The van der Waals surface area contributed by atoms with Crippen LogP contribution in [0.15, 0.2) is 18.3 Å². The second kappa shape index (κ2) is 5.80. The summed E-state index contributed by atoms with van der Waals surface area (Å²) >= 11 is 0. The van der Waals surface area contributed by atoms with Gasteiger partial charge in [-0.25, -0.2) is 4.98 Å². The molecular formula is C13H19N3O2. The lowest BCUT2D eigenvalue weighted by Gasteiger charge is -2.34. The maximum atomic E-state index is 10.6. The summed E-state index contributed by atoms with van der Waals surface area (Å²) in [6, 6.07) is 3.84. The average Bonchev–Trinajstić information content (AvgIpc) is 2.41. The molecule has 0 saturated heterocycles. The fourth-order valence-electron chi connectivity index (χ4n) is 2.66. The molecule has 0 N–H and O–H groups in total. The van der Waals surface area contributed by atoms with Gasteiger partial charge in [0.15, 0.2) is 0 Å². The summed E-state index contributed by atoms with van der Waals surface area (Å²) in [5.41, 5.74) is 0.0541. The number of hydrogen-bond acceptors (Lipinski definition) is 4. The number of rotatable bonds is 4. The fourth-order valence-corrected chi connectivity index (χ4v) is 2.66. The maximum absolute atomic E-state index is 10.6. The van der Waals surface area contributed by atoms with Gasteiger partial charge in [-0.1, -0.05) is 19.3 Å². The van der Waals surface area contributed by atoms with Crippen molar-refractivity contribution in [2.45, 2.75) is 45.1 Å². The molecule has 0 radical (unpaired) electrons. The van der Waals surface area contributed by atoms with Gasteiger partial charge in [-0.2, -0.15) is 0 Å². The highest BCUT2D eigenvalue weighted by molar-refractivity contribution is 5.43. The van der Waals surface area contributed by atoms with E-state index in [1.165, 1.54) is 44.4 Å². The lowest BCUT2D eigenvalue weighted by molar-refractivity contribution is -0.385. The van der Waals surface area contributed by atoms with E-state index in [-0.39, 0.29) is 5.69 Å². The number of nitrogens with zero attached hydrogens (tertiary/aromatic N) is 3. The van der Waals surface area contributed by atoms with Gasteiger partial charge in [0.05, 0.1) is 4.92 Å². The van der Waals surface area contributed by atoms with Crippen LogP contribution in [0.5, 0.6) is 0 Å². The molecular weight excluding hydrogens is 230 g/mol. The van der Waals surface area contributed by atoms with E-state index in [0.29, 0.717) is 6.04 Å². The van der Waals surface area contributed by atoms with Crippen molar-refractivity contribution in [1.29, 1.82) is 0 Å². The maximum Gasteiger partial charge on any atom is 0.287 e. The number of aromatic nitrogens is 1. The van der Waals surface area contributed by atoms with E-state index in [1.54, 1.807) is 6.07 Å². The average molecular weight is 249 g/mol. The predicted octanol–water partition coefficient (Wildman–Crippen LogP) is 3.15. The molecule has 5 heteroatoms. The predicted molar refractivity (Wildman–Crippen MR) is 70.8 cm³/mol. The molecule has 98 valence electrons. The van der Waals surface area contributed by atoms with Crippen LogP contribution in [-0.4, -0.2) is 22.5 Å². The van der Waals surface area contributed by atoms with E-state index in [0.717, 1.165) is 12.4 Å². The Morgan fingerprint density at radius 1 is 1.39 bits per heavy atom. The smallest absolute Gasteiger partial charge is 0.287 e. The molecule has 1 aliphatic rings. The van der Waals surface area contributed by atoms with Crippen molar-refractivity contribution >= 4 is 11.5 Å². The van der Waals surface area contributed by atoms with Crippen molar-refractivity contribution in [3.05, 3.63) is 28.4 Å². The molecule has 0 atom stereocenters. The Hall–Kier alpha value is -1.65. The zero-order chi connectivity index (χ0) is 13.0. The van der Waals surface area contributed by atoms with Crippen molar-refractivity contribution in [1.82, 2.24) is 4.98 Å². The lowest BCUT2D eigenvalue weighted by atomic mass is 9.94. The summed E-state index contributed by atoms with van der Waals surface area (Å²) < 4.78 is 0. The van der Waals surface area contributed by atoms with Crippen molar-refractivity contribution in [2.24, 2.45) is 0 Å². The van der Waals surface area contributed by atoms with Crippen molar-refractivity contribution in [3.8, 4) is 0 Å². The van der Waals surface area contributed by atoms with E-state index < -0.39 is 4.92 Å². The van der Waals surface area contributed by atoms with Gasteiger partial charge in [0.25, 0.3) is 5.69 Å². The molecule has 0 spiro atoms. The summed E-state index contributed by atoms with van der Waals surface area (Å²) in [6.45, 7) is 3.01. The molecule has 2 rings (SSSR count). The van der Waals surface area contributed by atoms with Gasteiger partial charge in [0.1, 0.15) is 12.0 Å². The highest BCUT2D eigenvalue weighted by atomic mass is 16.6. The highest BCUT2D eigenvalue weighted by Gasteiger charge is 2.21. The quantitative estimate of drug-likeness (QED) is 0.607. The third-order valence-corrected chi connectivity index (χ3v) is 3.59. The Bertz CT molecular complexity index is 399. The minimum Gasteiger partial charge on any atom is -0.354 e. The highest BCUT2D eigenvalue weighted by Crippen LogP contribution is 2.26. The second-order valence-corrected chi connectivity index (χ2v) is 4.71. The van der Waals surface area contributed by atoms with E-state index >= 15 is 0 Å². The fraction of sp³-hybridized carbons (Fsp3) is 0.615. The Morgan fingerprint density at radius 3 is 2.61 bits per heavy atom. The summed E-state index contributed by atoms with van der Waals surface area (Å²) in [7, 11) is 0. The number of hydrogen-bond donors (Lipinski definition) is 0. The number of anilines is 1. The standard InChI is InChI=1S/C13H19N3O2/c1-2-15(11-6-4-3-5-7-11)13-9-8-12(10-14-13)16(17)18/h8-11H,2-7H2,1H3. The largest absolute Gasteiger partial charge is 0.354 e. The Balaban J connectivity index is 2.13. The molecule has 1 aromatic heterocycles. The van der Waals surface area contributed by atoms with Crippen molar-refractivity contribution in [3.63, 3.8) is 0 Å². The second-order valence-electron chi connectivity index (χ2n) is 4.71. The molecule has 1 fully saturated rings. The first-order valence-corrected chi connectivity index (χ1v) is 6.59. The van der Waals surface area contributed by atoms with Gasteiger partial charge >= 0.3 is 0 Å². The zero-order valence-electron chi connectivity index (χ0n) is 10.7. The molecule has 5 nitrogen and oxygen atoms in total. The van der Waals surface area contributed by atoms with Crippen LogP contribution in [0.3, 0.4) is 0 Å². The van der Waals surface area contributed by atoms with Crippen LogP contribution in [0.25, 0.3) is 0 Å². The number of nitro groups is 1. The van der Waals surface area contributed by atoms with E-state index in [4.69, 9.17) is 0 Å². The van der Waals surface area contributed by atoms with Gasteiger partial charge in [-0.15, -0.1) is 0 Å². The SMILES string of the molecule is CCN(c1ccc([N+](=O)[O-])cn1)C1CCCCC1. The first-order valence-electron chi connectivity index (χ1n) is 6.59. The summed E-state index contributed by atoms with van der Waals surface area (Å²) in [5.74, 6) is 0.856. The van der Waals surface area contributed by atoms with Crippen LogP contribution in [-0.2, 0) is 0 Å². The van der Waals surface area contributed by atoms with Gasteiger partial charge in [0.2, 0.25) is 0 Å². The van der Waals surface area contributed by atoms with Crippen molar-refractivity contribution < 1.29 is 4.92 Å². The van der Waals surface area contributed by atoms with Crippen LogP contribution in [0.1, 0.15) is 39.0 Å². The molecule has 1 heterocycles. The number of pyridine rings is 1. The summed E-state index contributed by atoms with van der Waals surface area (Å²) in [5, 5.41) is 10.6. The molecule has 1 aromatic rings. The van der Waals surface area contributed by atoms with Gasteiger partial charge in [0, 0.05) is 18.7 Å². The van der Waals surface area contributed by atoms with Crippen LogP contribution in [0.4, 0.5) is 11.5 Å². The zero-order valence-corrected chi connectivity index (χ0v) is 10.7.